The molecule has 0 radical (unpaired) electrons. The van der Waals surface area contributed by atoms with E-state index in [1.807, 2.05) is 4.90 Å². The molecule has 0 spiro atoms. The Bertz CT molecular complexity index is 379. The fourth-order valence-corrected chi connectivity index (χ4v) is 2.06. The van der Waals surface area contributed by atoms with Gasteiger partial charge < -0.3 is 4.90 Å². The van der Waals surface area contributed by atoms with Crippen molar-refractivity contribution in [3.05, 3.63) is 17.8 Å². The molecule has 0 saturated carbocycles. The third-order valence-corrected chi connectivity index (χ3v) is 3.21. The summed E-state index contributed by atoms with van der Waals surface area (Å²) in [5.74, 6) is 1.41. The molecule has 2 rings (SSSR count). The van der Waals surface area contributed by atoms with E-state index >= 15 is 0 Å². The van der Waals surface area contributed by atoms with Crippen LogP contribution in [-0.4, -0.2) is 29.2 Å². The van der Waals surface area contributed by atoms with Crippen LogP contribution in [0.25, 0.3) is 0 Å². The fraction of sp³-hybridized carbons (Fsp3) is 0.600. The van der Waals surface area contributed by atoms with Crippen molar-refractivity contribution >= 4 is 17.4 Å². The zero-order valence-corrected chi connectivity index (χ0v) is 9.67. The van der Waals surface area contributed by atoms with Gasteiger partial charge in [-0.25, -0.2) is 0 Å². The Kier molecular flexibility index (Phi) is 3.42. The summed E-state index contributed by atoms with van der Waals surface area (Å²) in [5, 5.41) is 6.80. The Balaban J connectivity index is 2.09. The predicted molar refractivity (Wildman–Crippen MR) is 58.1 cm³/mol. The standard InChI is InChI=1S/C10H11ClF3N3/c11-5-7-3-4-17(6-7)9-2-1-8(15-16-9)10(12,13)14/h1-2,7H,3-6H2. The Morgan fingerprint density at radius 1 is 1.35 bits per heavy atom. The third-order valence-electron chi connectivity index (χ3n) is 2.77. The topological polar surface area (TPSA) is 29.0 Å². The van der Waals surface area contributed by atoms with Crippen molar-refractivity contribution in [3.63, 3.8) is 0 Å². The number of alkyl halides is 4. The highest BCUT2D eigenvalue weighted by molar-refractivity contribution is 6.18. The van der Waals surface area contributed by atoms with E-state index in [1.54, 1.807) is 0 Å². The second-order valence-electron chi connectivity index (χ2n) is 4.03. The molecule has 3 nitrogen and oxygen atoms in total. The number of halogens is 4. The lowest BCUT2D eigenvalue weighted by molar-refractivity contribution is -0.141. The lowest BCUT2D eigenvalue weighted by Gasteiger charge is -2.16. The first kappa shape index (κ1) is 12.4. The molecule has 94 valence electrons. The van der Waals surface area contributed by atoms with Gasteiger partial charge in [0.2, 0.25) is 0 Å². The van der Waals surface area contributed by atoms with Gasteiger partial charge in [-0.2, -0.15) is 13.2 Å². The highest BCUT2D eigenvalue weighted by Crippen LogP contribution is 2.28. The first-order chi connectivity index (χ1) is 8.00. The molecule has 0 aliphatic carbocycles. The van der Waals surface area contributed by atoms with Crippen LogP contribution in [0.4, 0.5) is 19.0 Å². The Morgan fingerprint density at radius 3 is 2.59 bits per heavy atom. The molecular weight excluding hydrogens is 255 g/mol. The van der Waals surface area contributed by atoms with Crippen LogP contribution < -0.4 is 4.90 Å². The number of nitrogens with zero attached hydrogens (tertiary/aromatic N) is 3. The Hall–Kier alpha value is -1.04. The number of anilines is 1. The molecule has 0 bridgehead atoms. The third kappa shape index (κ3) is 2.80. The molecule has 7 heteroatoms. The number of rotatable bonds is 2. The minimum atomic E-state index is -4.44. The lowest BCUT2D eigenvalue weighted by Crippen LogP contribution is -2.22. The van der Waals surface area contributed by atoms with Gasteiger partial charge in [-0.3, -0.25) is 0 Å². The maximum absolute atomic E-state index is 12.3. The minimum absolute atomic E-state index is 0.376. The van der Waals surface area contributed by atoms with Crippen molar-refractivity contribution in [1.29, 1.82) is 0 Å². The fourth-order valence-electron chi connectivity index (χ4n) is 1.81. The van der Waals surface area contributed by atoms with Crippen molar-refractivity contribution in [1.82, 2.24) is 10.2 Å². The first-order valence-electron chi connectivity index (χ1n) is 5.22. The quantitative estimate of drug-likeness (QED) is 0.770. The van der Waals surface area contributed by atoms with Gasteiger partial charge in [-0.05, 0) is 24.5 Å². The molecule has 1 unspecified atom stereocenters. The number of hydrogen-bond acceptors (Lipinski definition) is 3. The van der Waals surface area contributed by atoms with E-state index < -0.39 is 11.9 Å². The molecule has 1 aromatic rings. The molecule has 17 heavy (non-hydrogen) atoms. The van der Waals surface area contributed by atoms with Crippen molar-refractivity contribution in [3.8, 4) is 0 Å². The van der Waals surface area contributed by atoms with Crippen LogP contribution >= 0.6 is 11.6 Å². The summed E-state index contributed by atoms with van der Waals surface area (Å²) in [6.07, 6.45) is -3.50. The second-order valence-corrected chi connectivity index (χ2v) is 4.34. The van der Waals surface area contributed by atoms with E-state index in [-0.39, 0.29) is 0 Å². The molecule has 0 aromatic carbocycles. The van der Waals surface area contributed by atoms with Crippen molar-refractivity contribution in [2.75, 3.05) is 23.9 Å². The molecule has 2 heterocycles. The van der Waals surface area contributed by atoms with Crippen molar-refractivity contribution < 1.29 is 13.2 Å². The number of hydrogen-bond donors (Lipinski definition) is 0. The Morgan fingerprint density at radius 2 is 2.12 bits per heavy atom. The van der Waals surface area contributed by atoms with Gasteiger partial charge in [0.1, 0.15) is 0 Å². The summed E-state index contributed by atoms with van der Waals surface area (Å²) in [7, 11) is 0. The molecule has 1 aliphatic rings. The average Bonchev–Trinajstić information content (AvgIpc) is 2.76. The van der Waals surface area contributed by atoms with Crippen LogP contribution in [-0.2, 0) is 6.18 Å². The average molecular weight is 266 g/mol. The van der Waals surface area contributed by atoms with E-state index in [0.29, 0.717) is 17.6 Å². The van der Waals surface area contributed by atoms with Gasteiger partial charge in [0, 0.05) is 19.0 Å². The summed E-state index contributed by atoms with van der Waals surface area (Å²) < 4.78 is 36.8. The molecule has 1 atom stereocenters. The molecule has 1 saturated heterocycles. The molecule has 1 aromatic heterocycles. The largest absolute Gasteiger partial charge is 0.435 e. The summed E-state index contributed by atoms with van der Waals surface area (Å²) in [6.45, 7) is 1.49. The summed E-state index contributed by atoms with van der Waals surface area (Å²) in [5.41, 5.74) is -0.964. The van der Waals surface area contributed by atoms with Crippen LogP contribution in [0.15, 0.2) is 12.1 Å². The van der Waals surface area contributed by atoms with Crippen LogP contribution in [0.1, 0.15) is 12.1 Å². The van der Waals surface area contributed by atoms with Crippen molar-refractivity contribution in [2.45, 2.75) is 12.6 Å². The van der Waals surface area contributed by atoms with Crippen LogP contribution in [0.5, 0.6) is 0 Å². The van der Waals surface area contributed by atoms with E-state index in [4.69, 9.17) is 11.6 Å². The van der Waals surface area contributed by atoms with Crippen LogP contribution in [0.3, 0.4) is 0 Å². The second kappa shape index (κ2) is 4.68. The Labute approximate surface area is 102 Å². The van der Waals surface area contributed by atoms with Gasteiger partial charge >= 0.3 is 6.18 Å². The van der Waals surface area contributed by atoms with Crippen molar-refractivity contribution in [2.24, 2.45) is 5.92 Å². The SMILES string of the molecule is FC(F)(F)c1ccc(N2CCC(CCl)C2)nn1. The van der Waals surface area contributed by atoms with Gasteiger partial charge in [0.05, 0.1) is 0 Å². The zero-order valence-electron chi connectivity index (χ0n) is 8.91. The first-order valence-corrected chi connectivity index (χ1v) is 5.76. The normalized spacial score (nSPS) is 20.9. The maximum Gasteiger partial charge on any atom is 0.435 e. The van der Waals surface area contributed by atoms with E-state index in [9.17, 15) is 13.2 Å². The predicted octanol–water partition coefficient (Wildman–Crippen LogP) is 2.56. The van der Waals surface area contributed by atoms with Gasteiger partial charge in [-0.1, -0.05) is 0 Å². The highest BCUT2D eigenvalue weighted by Gasteiger charge is 2.33. The van der Waals surface area contributed by atoms with E-state index in [0.717, 1.165) is 25.6 Å². The number of aromatic nitrogens is 2. The van der Waals surface area contributed by atoms with E-state index in [2.05, 4.69) is 10.2 Å². The highest BCUT2D eigenvalue weighted by atomic mass is 35.5. The summed E-state index contributed by atoms with van der Waals surface area (Å²) >= 11 is 5.73. The van der Waals surface area contributed by atoms with Gasteiger partial charge in [-0.15, -0.1) is 21.8 Å². The van der Waals surface area contributed by atoms with Gasteiger partial charge in [0.25, 0.3) is 0 Å². The van der Waals surface area contributed by atoms with Crippen LogP contribution in [0.2, 0.25) is 0 Å². The molecule has 0 N–H and O–H groups in total. The molecule has 1 fully saturated rings. The maximum atomic E-state index is 12.3. The monoisotopic (exact) mass is 265 g/mol. The lowest BCUT2D eigenvalue weighted by atomic mass is 10.2. The summed E-state index contributed by atoms with van der Waals surface area (Å²) in [4.78, 5) is 1.90. The smallest absolute Gasteiger partial charge is 0.355 e. The summed E-state index contributed by atoms with van der Waals surface area (Å²) in [6, 6.07) is 2.31. The van der Waals surface area contributed by atoms with E-state index in [1.165, 1.54) is 6.07 Å². The zero-order chi connectivity index (χ0) is 12.5. The van der Waals surface area contributed by atoms with Gasteiger partial charge in [0.15, 0.2) is 11.5 Å². The molecule has 0 amide bonds. The van der Waals surface area contributed by atoms with Crippen LogP contribution in [0, 0.1) is 5.92 Å². The molecule has 1 aliphatic heterocycles. The molecular formula is C10H11ClF3N3. The minimum Gasteiger partial charge on any atom is -0.355 e.